The van der Waals surface area contributed by atoms with E-state index in [-0.39, 0.29) is 11.7 Å². The Bertz CT molecular complexity index is 980. The lowest BCUT2D eigenvalue weighted by Crippen LogP contribution is -2.44. The Morgan fingerprint density at radius 2 is 1.97 bits per heavy atom. The first kappa shape index (κ1) is 19.4. The van der Waals surface area contributed by atoms with E-state index in [1.54, 1.807) is 23.9 Å². The van der Waals surface area contributed by atoms with Crippen LogP contribution in [0.1, 0.15) is 11.6 Å². The highest BCUT2D eigenvalue weighted by Crippen LogP contribution is 2.38. The highest BCUT2D eigenvalue weighted by Gasteiger charge is 2.37. The predicted molar refractivity (Wildman–Crippen MR) is 108 cm³/mol. The minimum atomic E-state index is -0.502. The van der Waals surface area contributed by atoms with Crippen molar-refractivity contribution in [3.63, 3.8) is 0 Å². The summed E-state index contributed by atoms with van der Waals surface area (Å²) in [7, 11) is 1.58. The fourth-order valence-corrected chi connectivity index (χ4v) is 4.23. The van der Waals surface area contributed by atoms with Crippen molar-refractivity contribution in [2.45, 2.75) is 16.4 Å². The number of carbonyl (C=O) groups is 1. The number of thioether (sulfide) groups is 1. The molecule has 0 aliphatic carbocycles. The lowest BCUT2D eigenvalue weighted by molar-refractivity contribution is -0.121. The second-order valence-corrected chi connectivity index (χ2v) is 7.60. The first-order chi connectivity index (χ1) is 14.2. The maximum Gasteiger partial charge on any atom is 0.236 e. The van der Waals surface area contributed by atoms with Crippen LogP contribution in [0.15, 0.2) is 59.8 Å². The van der Waals surface area contributed by atoms with E-state index in [2.05, 4.69) is 20.9 Å². The summed E-state index contributed by atoms with van der Waals surface area (Å²) in [6.07, 6.45) is 0. The Morgan fingerprint density at radius 1 is 1.21 bits per heavy atom. The molecule has 0 bridgehead atoms. The van der Waals surface area contributed by atoms with Gasteiger partial charge in [0.1, 0.15) is 11.1 Å². The van der Waals surface area contributed by atoms with Crippen molar-refractivity contribution in [1.82, 2.24) is 20.2 Å². The Kier molecular flexibility index (Phi) is 5.77. The molecular formula is C20H20FN5O2S. The van der Waals surface area contributed by atoms with Crippen molar-refractivity contribution in [1.29, 1.82) is 0 Å². The molecule has 2 aromatic carbocycles. The number of amides is 1. The van der Waals surface area contributed by atoms with Gasteiger partial charge in [-0.05, 0) is 17.7 Å². The number of rotatable bonds is 6. The fraction of sp³-hybridized carbons (Fsp3) is 0.250. The minimum Gasteiger partial charge on any atom is -0.383 e. The highest BCUT2D eigenvalue weighted by atomic mass is 32.2. The number of methoxy groups -OCH3 is 1. The lowest BCUT2D eigenvalue weighted by Gasteiger charge is -2.33. The number of ether oxygens (including phenoxy) is 1. The van der Waals surface area contributed by atoms with Crippen molar-refractivity contribution >= 4 is 17.7 Å². The van der Waals surface area contributed by atoms with Crippen molar-refractivity contribution in [3.05, 3.63) is 66.0 Å². The van der Waals surface area contributed by atoms with Crippen molar-refractivity contribution in [2.24, 2.45) is 0 Å². The van der Waals surface area contributed by atoms with E-state index in [9.17, 15) is 9.18 Å². The molecule has 2 N–H and O–H groups in total. The van der Waals surface area contributed by atoms with Gasteiger partial charge in [0, 0.05) is 19.2 Å². The second kappa shape index (κ2) is 8.62. The minimum absolute atomic E-state index is 0.149. The molecule has 0 radical (unpaired) electrons. The van der Waals surface area contributed by atoms with Gasteiger partial charge in [-0.3, -0.25) is 4.79 Å². The molecule has 0 spiro atoms. The third-order valence-electron chi connectivity index (χ3n) is 4.56. The zero-order chi connectivity index (χ0) is 20.2. The monoisotopic (exact) mass is 413 g/mol. The molecule has 0 saturated heterocycles. The van der Waals surface area contributed by atoms with Crippen molar-refractivity contribution in [3.8, 4) is 11.4 Å². The molecule has 4 rings (SSSR count). The molecule has 150 valence electrons. The molecule has 0 unspecified atom stereocenters. The second-order valence-electron chi connectivity index (χ2n) is 6.49. The third-order valence-corrected chi connectivity index (χ3v) is 5.78. The Hall–Kier alpha value is -2.91. The van der Waals surface area contributed by atoms with E-state index in [0.29, 0.717) is 24.1 Å². The first-order valence-electron chi connectivity index (χ1n) is 9.13. The van der Waals surface area contributed by atoms with Crippen LogP contribution in [-0.4, -0.2) is 46.3 Å². The normalized spacial score (nSPS) is 18.0. The van der Waals surface area contributed by atoms with Crippen LogP contribution < -0.4 is 10.7 Å². The SMILES string of the molecule is COCCNC(=O)[C@H]1Sc2nnc(-c3ccccc3)n2N[C@H]1c1ccc(F)cc1. The van der Waals surface area contributed by atoms with E-state index in [1.807, 2.05) is 30.3 Å². The average Bonchev–Trinajstić information content (AvgIpc) is 3.17. The van der Waals surface area contributed by atoms with Gasteiger partial charge in [0.25, 0.3) is 0 Å². The largest absolute Gasteiger partial charge is 0.383 e. The summed E-state index contributed by atoms with van der Waals surface area (Å²) in [5, 5.41) is 11.5. The number of carbonyl (C=O) groups excluding carboxylic acids is 1. The standard InChI is InChI=1S/C20H20FN5O2S/c1-28-12-11-22-19(27)17-16(13-7-9-15(21)10-8-13)25-26-18(23-24-20(26)29-17)14-5-3-2-4-6-14/h2-10,16-17,25H,11-12H2,1H3,(H,22,27)/t16-,17-/m0/s1. The molecule has 1 amide bonds. The lowest BCUT2D eigenvalue weighted by atomic mass is 10.0. The van der Waals surface area contributed by atoms with Gasteiger partial charge in [0.05, 0.1) is 12.6 Å². The quantitative estimate of drug-likeness (QED) is 0.605. The van der Waals surface area contributed by atoms with Crippen LogP contribution in [0, 0.1) is 5.82 Å². The van der Waals surface area contributed by atoms with E-state index in [1.165, 1.54) is 23.9 Å². The number of hydrogen-bond acceptors (Lipinski definition) is 6. The summed E-state index contributed by atoms with van der Waals surface area (Å²) in [5.41, 5.74) is 5.06. The van der Waals surface area contributed by atoms with Crippen LogP contribution in [0.4, 0.5) is 4.39 Å². The Morgan fingerprint density at radius 3 is 2.69 bits per heavy atom. The molecule has 29 heavy (non-hydrogen) atoms. The fourth-order valence-electron chi connectivity index (χ4n) is 3.13. The molecule has 2 atom stereocenters. The molecule has 9 heteroatoms. The van der Waals surface area contributed by atoms with Gasteiger partial charge < -0.3 is 15.5 Å². The van der Waals surface area contributed by atoms with Gasteiger partial charge in [0.2, 0.25) is 11.1 Å². The number of nitrogens with one attached hydrogen (secondary N) is 2. The zero-order valence-electron chi connectivity index (χ0n) is 15.7. The predicted octanol–water partition coefficient (Wildman–Crippen LogP) is 2.61. The van der Waals surface area contributed by atoms with Gasteiger partial charge >= 0.3 is 0 Å². The smallest absolute Gasteiger partial charge is 0.236 e. The summed E-state index contributed by atoms with van der Waals surface area (Å²) < 4.78 is 20.2. The van der Waals surface area contributed by atoms with Crippen LogP contribution in [0.2, 0.25) is 0 Å². The summed E-state index contributed by atoms with van der Waals surface area (Å²) in [6, 6.07) is 15.4. The topological polar surface area (TPSA) is 81.1 Å². The molecule has 3 aromatic rings. The number of nitrogens with zero attached hydrogens (tertiary/aromatic N) is 3. The van der Waals surface area contributed by atoms with Crippen LogP contribution in [0.5, 0.6) is 0 Å². The average molecular weight is 413 g/mol. The van der Waals surface area contributed by atoms with Gasteiger partial charge in [-0.1, -0.05) is 54.2 Å². The maximum atomic E-state index is 13.4. The van der Waals surface area contributed by atoms with Crippen LogP contribution >= 0.6 is 11.8 Å². The van der Waals surface area contributed by atoms with E-state index in [0.717, 1.165) is 11.1 Å². The molecular weight excluding hydrogens is 393 g/mol. The summed E-state index contributed by atoms with van der Waals surface area (Å²) in [6.45, 7) is 0.830. The van der Waals surface area contributed by atoms with Crippen molar-refractivity contribution in [2.75, 3.05) is 25.7 Å². The van der Waals surface area contributed by atoms with Gasteiger partial charge in [-0.25, -0.2) is 9.07 Å². The van der Waals surface area contributed by atoms with Gasteiger partial charge in [-0.2, -0.15) is 0 Å². The number of fused-ring (bicyclic) bond motifs is 1. The molecule has 2 heterocycles. The summed E-state index contributed by atoms with van der Waals surface area (Å²) in [4.78, 5) is 12.9. The number of halogens is 1. The zero-order valence-corrected chi connectivity index (χ0v) is 16.5. The molecule has 1 aliphatic rings. The van der Waals surface area contributed by atoms with Gasteiger partial charge in [0.15, 0.2) is 5.82 Å². The van der Waals surface area contributed by atoms with Crippen LogP contribution in [-0.2, 0) is 9.53 Å². The number of aromatic nitrogens is 3. The Labute approximate surface area is 171 Å². The van der Waals surface area contributed by atoms with Crippen LogP contribution in [0.3, 0.4) is 0 Å². The molecule has 1 aliphatic heterocycles. The van der Waals surface area contributed by atoms with Crippen LogP contribution in [0.25, 0.3) is 11.4 Å². The molecule has 1 aromatic heterocycles. The van der Waals surface area contributed by atoms with Crippen molar-refractivity contribution < 1.29 is 13.9 Å². The number of benzene rings is 2. The molecule has 0 fully saturated rings. The maximum absolute atomic E-state index is 13.4. The van der Waals surface area contributed by atoms with Gasteiger partial charge in [-0.15, -0.1) is 10.2 Å². The number of hydrogen-bond donors (Lipinski definition) is 2. The molecule has 0 saturated carbocycles. The summed E-state index contributed by atoms with van der Waals surface area (Å²) >= 11 is 1.33. The van der Waals surface area contributed by atoms with E-state index < -0.39 is 11.3 Å². The van der Waals surface area contributed by atoms with E-state index >= 15 is 0 Å². The highest BCUT2D eigenvalue weighted by molar-refractivity contribution is 8.00. The summed E-state index contributed by atoms with van der Waals surface area (Å²) in [5.74, 6) is 0.177. The third kappa shape index (κ3) is 4.10. The molecule has 7 nitrogen and oxygen atoms in total. The Balaban J connectivity index is 1.68. The van der Waals surface area contributed by atoms with E-state index in [4.69, 9.17) is 4.74 Å². The first-order valence-corrected chi connectivity index (χ1v) is 10.0.